The van der Waals surface area contributed by atoms with Gasteiger partial charge in [0, 0.05) is 50.7 Å². The molecule has 33 heavy (non-hydrogen) atoms. The normalized spacial score (nSPS) is 13.6. The quantitative estimate of drug-likeness (QED) is 0.517. The van der Waals surface area contributed by atoms with Crippen LogP contribution in [0, 0.1) is 6.92 Å². The van der Waals surface area contributed by atoms with Crippen LogP contribution in [0.25, 0.3) is 11.3 Å². The van der Waals surface area contributed by atoms with E-state index in [0.717, 1.165) is 22.6 Å². The third kappa shape index (κ3) is 5.37. The summed E-state index contributed by atoms with van der Waals surface area (Å²) in [5.41, 5.74) is 3.45. The first-order valence-electron chi connectivity index (χ1n) is 11.1. The zero-order valence-electron chi connectivity index (χ0n) is 19.0. The van der Waals surface area contributed by atoms with E-state index in [1.807, 2.05) is 60.4 Å². The van der Waals surface area contributed by atoms with Crippen LogP contribution in [-0.2, 0) is 4.79 Å². The maximum absolute atomic E-state index is 12.7. The van der Waals surface area contributed by atoms with Gasteiger partial charge in [0.25, 0.3) is 0 Å². The van der Waals surface area contributed by atoms with Gasteiger partial charge in [0.1, 0.15) is 17.9 Å². The molecule has 1 fully saturated rings. The van der Waals surface area contributed by atoms with Crippen LogP contribution in [0.4, 0.5) is 5.82 Å². The molecule has 0 unspecified atom stereocenters. The second-order valence-corrected chi connectivity index (χ2v) is 8.12. The molecule has 1 saturated heterocycles. The van der Waals surface area contributed by atoms with E-state index in [-0.39, 0.29) is 24.5 Å². The van der Waals surface area contributed by atoms with E-state index in [0.29, 0.717) is 37.5 Å². The zero-order valence-corrected chi connectivity index (χ0v) is 19.0. The average Bonchev–Trinajstić information content (AvgIpc) is 2.87. The first-order chi connectivity index (χ1) is 16.0. The van der Waals surface area contributed by atoms with Crippen LogP contribution >= 0.6 is 0 Å². The van der Waals surface area contributed by atoms with Gasteiger partial charge in [-0.2, -0.15) is 0 Å². The highest BCUT2D eigenvalue weighted by Gasteiger charge is 2.23. The number of hydrogen-bond acceptors (Lipinski definition) is 6. The Labute approximate surface area is 194 Å². The Kier molecular flexibility index (Phi) is 6.98. The molecule has 170 valence electrons. The Morgan fingerprint density at radius 3 is 2.42 bits per heavy atom. The van der Waals surface area contributed by atoms with Gasteiger partial charge in [-0.25, -0.2) is 9.97 Å². The second kappa shape index (κ2) is 10.3. The average molecular weight is 445 g/mol. The van der Waals surface area contributed by atoms with Crippen molar-refractivity contribution in [3.8, 4) is 17.0 Å². The maximum atomic E-state index is 12.7. The maximum Gasteiger partial charge on any atom is 0.223 e. The molecular weight excluding hydrogens is 416 g/mol. The SMILES string of the molecule is COc1ccc(C)cc1C(=O)CCC(=O)N1CCN(c2cc(-c3ccccc3)ncn2)CC1. The number of ether oxygens (including phenoxy) is 1. The number of anilines is 1. The van der Waals surface area contributed by atoms with Gasteiger partial charge in [0.2, 0.25) is 5.91 Å². The number of hydrogen-bond donors (Lipinski definition) is 0. The molecule has 1 aliphatic rings. The minimum absolute atomic E-state index is 0.00211. The van der Waals surface area contributed by atoms with Gasteiger partial charge in [-0.1, -0.05) is 42.0 Å². The highest BCUT2D eigenvalue weighted by molar-refractivity contribution is 6.00. The second-order valence-electron chi connectivity index (χ2n) is 8.12. The molecular formula is C26H28N4O3. The standard InChI is InChI=1S/C26H28N4O3/c1-19-8-10-24(33-2)21(16-19)23(31)9-11-26(32)30-14-12-29(13-15-30)25-17-22(27-18-28-25)20-6-4-3-5-7-20/h3-8,10,16-18H,9,11-15H2,1-2H3. The Morgan fingerprint density at radius 2 is 1.70 bits per heavy atom. The van der Waals surface area contributed by atoms with E-state index in [1.54, 1.807) is 19.5 Å². The summed E-state index contributed by atoms with van der Waals surface area (Å²) in [6.07, 6.45) is 1.95. The predicted octanol–water partition coefficient (Wildman–Crippen LogP) is 3.77. The molecule has 2 heterocycles. The summed E-state index contributed by atoms with van der Waals surface area (Å²) in [6.45, 7) is 4.52. The zero-order chi connectivity index (χ0) is 23.2. The molecule has 4 rings (SSSR count). The third-order valence-corrected chi connectivity index (χ3v) is 5.90. The summed E-state index contributed by atoms with van der Waals surface area (Å²) in [5, 5.41) is 0. The van der Waals surface area contributed by atoms with E-state index < -0.39 is 0 Å². The number of rotatable bonds is 7. The fourth-order valence-corrected chi connectivity index (χ4v) is 4.02. The Balaban J connectivity index is 1.32. The van der Waals surface area contributed by atoms with Gasteiger partial charge in [0.15, 0.2) is 5.78 Å². The van der Waals surface area contributed by atoms with Crippen molar-refractivity contribution in [3.05, 3.63) is 72.1 Å². The largest absolute Gasteiger partial charge is 0.496 e. The lowest BCUT2D eigenvalue weighted by atomic mass is 10.0. The van der Waals surface area contributed by atoms with Gasteiger partial charge >= 0.3 is 0 Å². The van der Waals surface area contributed by atoms with Gasteiger partial charge in [-0.15, -0.1) is 0 Å². The van der Waals surface area contributed by atoms with Crippen molar-refractivity contribution < 1.29 is 14.3 Å². The van der Waals surface area contributed by atoms with Crippen molar-refractivity contribution in [1.82, 2.24) is 14.9 Å². The third-order valence-electron chi connectivity index (χ3n) is 5.90. The molecule has 0 bridgehead atoms. The molecule has 3 aromatic rings. The van der Waals surface area contributed by atoms with Crippen molar-refractivity contribution in [1.29, 1.82) is 0 Å². The number of ketones is 1. The molecule has 0 aliphatic carbocycles. The van der Waals surface area contributed by atoms with Crippen molar-refractivity contribution in [2.45, 2.75) is 19.8 Å². The van der Waals surface area contributed by atoms with Crippen molar-refractivity contribution in [2.75, 3.05) is 38.2 Å². The number of carbonyl (C=O) groups excluding carboxylic acids is 2. The van der Waals surface area contributed by atoms with Crippen LogP contribution in [0.15, 0.2) is 60.9 Å². The van der Waals surface area contributed by atoms with E-state index >= 15 is 0 Å². The number of amides is 1. The van der Waals surface area contributed by atoms with Crippen LogP contribution in [0.1, 0.15) is 28.8 Å². The first kappa shape index (κ1) is 22.5. The van der Waals surface area contributed by atoms with E-state index in [1.165, 1.54) is 0 Å². The molecule has 0 N–H and O–H groups in total. The molecule has 7 heteroatoms. The number of piperazine rings is 1. The van der Waals surface area contributed by atoms with Crippen LogP contribution in [0.5, 0.6) is 5.75 Å². The molecule has 1 aliphatic heterocycles. The summed E-state index contributed by atoms with van der Waals surface area (Å²) in [5.74, 6) is 1.34. The molecule has 0 saturated carbocycles. The summed E-state index contributed by atoms with van der Waals surface area (Å²) < 4.78 is 5.30. The lowest BCUT2D eigenvalue weighted by molar-refractivity contribution is -0.131. The number of aromatic nitrogens is 2. The fraction of sp³-hybridized carbons (Fsp3) is 0.308. The van der Waals surface area contributed by atoms with Crippen LogP contribution in [0.3, 0.4) is 0 Å². The number of methoxy groups -OCH3 is 1. The lowest BCUT2D eigenvalue weighted by Crippen LogP contribution is -2.49. The molecule has 7 nitrogen and oxygen atoms in total. The number of aryl methyl sites for hydroxylation is 1. The monoisotopic (exact) mass is 444 g/mol. The smallest absolute Gasteiger partial charge is 0.223 e. The fourth-order valence-electron chi connectivity index (χ4n) is 4.02. The lowest BCUT2D eigenvalue weighted by Gasteiger charge is -2.35. The summed E-state index contributed by atoms with van der Waals surface area (Å²) >= 11 is 0. The number of benzene rings is 2. The minimum Gasteiger partial charge on any atom is -0.496 e. The van der Waals surface area contributed by atoms with E-state index in [9.17, 15) is 9.59 Å². The summed E-state index contributed by atoms with van der Waals surface area (Å²) in [4.78, 5) is 38.2. The molecule has 0 atom stereocenters. The molecule has 1 aromatic heterocycles. The molecule has 0 radical (unpaired) electrons. The van der Waals surface area contributed by atoms with Crippen LogP contribution in [0.2, 0.25) is 0 Å². The van der Waals surface area contributed by atoms with Crippen LogP contribution < -0.4 is 9.64 Å². The van der Waals surface area contributed by atoms with Gasteiger partial charge in [-0.3, -0.25) is 9.59 Å². The Hall–Kier alpha value is -3.74. The number of carbonyl (C=O) groups is 2. The molecule has 1 amide bonds. The van der Waals surface area contributed by atoms with Crippen molar-refractivity contribution in [3.63, 3.8) is 0 Å². The molecule has 0 spiro atoms. The van der Waals surface area contributed by atoms with Gasteiger partial charge < -0.3 is 14.5 Å². The van der Waals surface area contributed by atoms with E-state index in [2.05, 4.69) is 14.9 Å². The predicted molar refractivity (Wildman–Crippen MR) is 128 cm³/mol. The highest BCUT2D eigenvalue weighted by Crippen LogP contribution is 2.23. The highest BCUT2D eigenvalue weighted by atomic mass is 16.5. The van der Waals surface area contributed by atoms with Crippen LogP contribution in [-0.4, -0.2) is 59.8 Å². The summed E-state index contributed by atoms with van der Waals surface area (Å²) in [6, 6.07) is 17.5. The van der Waals surface area contributed by atoms with Gasteiger partial charge in [0.05, 0.1) is 18.4 Å². The van der Waals surface area contributed by atoms with Crippen molar-refractivity contribution in [2.24, 2.45) is 0 Å². The topological polar surface area (TPSA) is 75.6 Å². The minimum atomic E-state index is -0.0723. The number of Topliss-reactive ketones (excluding diaryl/α,β-unsaturated/α-hetero) is 1. The summed E-state index contributed by atoms with van der Waals surface area (Å²) in [7, 11) is 1.55. The first-order valence-corrected chi connectivity index (χ1v) is 11.1. The van der Waals surface area contributed by atoms with Gasteiger partial charge in [-0.05, 0) is 19.1 Å². The van der Waals surface area contributed by atoms with E-state index in [4.69, 9.17) is 4.74 Å². The molecule has 2 aromatic carbocycles. The number of nitrogens with zero attached hydrogens (tertiary/aromatic N) is 4. The van der Waals surface area contributed by atoms with Crippen molar-refractivity contribution >= 4 is 17.5 Å². The Bertz CT molecular complexity index is 1130. The Morgan fingerprint density at radius 1 is 0.939 bits per heavy atom.